The van der Waals surface area contributed by atoms with Gasteiger partial charge in [0.1, 0.15) is 0 Å². The Morgan fingerprint density at radius 3 is 1.90 bits per heavy atom. The fourth-order valence-corrected chi connectivity index (χ4v) is 4.06. The number of hydrogen-bond donors (Lipinski definition) is 1. The summed E-state index contributed by atoms with van der Waals surface area (Å²) >= 11 is 0. The summed E-state index contributed by atoms with van der Waals surface area (Å²) in [5.41, 5.74) is 16.5. The van der Waals surface area contributed by atoms with Gasteiger partial charge < -0.3 is 15.5 Å². The lowest BCUT2D eigenvalue weighted by atomic mass is 9.87. The monoisotopic (exact) mass is 570 g/mol. The average Bonchev–Trinajstić information content (AvgIpc) is 2.91. The number of aryl methyl sites for hydroxylation is 2. The molecule has 1 aliphatic heterocycles. The molecule has 4 heteroatoms. The first-order chi connectivity index (χ1) is 19.3. The predicted molar refractivity (Wildman–Crippen MR) is 190 cm³/mol. The first kappa shape index (κ1) is 38.4. The highest BCUT2D eigenvalue weighted by atomic mass is 15.1. The molecule has 2 aromatic rings. The smallest absolute Gasteiger partial charge is 0.0909 e. The van der Waals surface area contributed by atoms with Crippen molar-refractivity contribution in [3.63, 3.8) is 0 Å². The highest BCUT2D eigenvalue weighted by Crippen LogP contribution is 2.28. The van der Waals surface area contributed by atoms with Crippen molar-refractivity contribution in [2.75, 3.05) is 27.2 Å². The summed E-state index contributed by atoms with van der Waals surface area (Å²) in [6.45, 7) is 24.4. The second kappa shape index (κ2) is 18.7. The van der Waals surface area contributed by atoms with E-state index in [9.17, 15) is 0 Å². The minimum Gasteiger partial charge on any atom is -0.396 e. The first-order valence-electron chi connectivity index (χ1n) is 14.6. The molecule has 0 spiro atoms. The summed E-state index contributed by atoms with van der Waals surface area (Å²) in [7, 11) is 4.15. The molecule has 0 atom stereocenters. The molecule has 0 bridgehead atoms. The third-order valence-corrected chi connectivity index (χ3v) is 6.20. The van der Waals surface area contributed by atoms with E-state index in [-0.39, 0.29) is 12.8 Å². The molecule has 3 rings (SSSR count). The zero-order chi connectivity index (χ0) is 31.2. The van der Waals surface area contributed by atoms with Gasteiger partial charge >= 0.3 is 0 Å². The van der Waals surface area contributed by atoms with Gasteiger partial charge in [0.05, 0.1) is 17.1 Å². The van der Waals surface area contributed by atoms with Crippen molar-refractivity contribution < 1.29 is 0 Å². The summed E-state index contributed by atoms with van der Waals surface area (Å²) in [6.07, 6.45) is 10.1. The fraction of sp³-hybridized carbons (Fsp3) is 0.395. The molecule has 4 nitrogen and oxygen atoms in total. The highest BCUT2D eigenvalue weighted by molar-refractivity contribution is 5.82. The van der Waals surface area contributed by atoms with E-state index in [1.807, 2.05) is 33.8 Å². The van der Waals surface area contributed by atoms with E-state index < -0.39 is 0 Å². The fourth-order valence-electron chi connectivity index (χ4n) is 4.06. The number of nitrogens with zero attached hydrogens (tertiary/aromatic N) is 3. The molecule has 0 aromatic heterocycles. The number of benzene rings is 2. The Kier molecular flexibility index (Phi) is 17.1. The van der Waals surface area contributed by atoms with E-state index in [4.69, 9.17) is 10.7 Å². The Hall–Kier alpha value is -3.63. The van der Waals surface area contributed by atoms with Crippen molar-refractivity contribution in [3.05, 3.63) is 125 Å². The molecule has 42 heavy (non-hydrogen) atoms. The van der Waals surface area contributed by atoms with Crippen LogP contribution in [0.2, 0.25) is 0 Å². The van der Waals surface area contributed by atoms with E-state index in [2.05, 4.69) is 132 Å². The molecule has 2 aromatic carbocycles. The minimum absolute atomic E-state index is 0. The molecule has 2 N–H and O–H groups in total. The van der Waals surface area contributed by atoms with E-state index in [0.717, 1.165) is 35.8 Å². The molecule has 0 fully saturated rings. The van der Waals surface area contributed by atoms with Gasteiger partial charge in [0.25, 0.3) is 0 Å². The van der Waals surface area contributed by atoms with Crippen LogP contribution in [0, 0.1) is 13.8 Å². The van der Waals surface area contributed by atoms with Crippen molar-refractivity contribution in [1.82, 2.24) is 9.80 Å². The van der Waals surface area contributed by atoms with Crippen LogP contribution < -0.4 is 5.73 Å². The molecule has 1 aliphatic rings. The molecular weight excluding hydrogens is 512 g/mol. The zero-order valence-electron chi connectivity index (χ0n) is 27.5. The molecular formula is C38H58N4. The second-order valence-corrected chi connectivity index (χ2v) is 11.6. The van der Waals surface area contributed by atoms with Crippen molar-refractivity contribution >= 4 is 11.4 Å². The van der Waals surface area contributed by atoms with E-state index in [0.29, 0.717) is 5.70 Å². The number of allylic oxidation sites excluding steroid dienone is 2. The Morgan fingerprint density at radius 2 is 1.50 bits per heavy atom. The largest absolute Gasteiger partial charge is 0.396 e. The van der Waals surface area contributed by atoms with E-state index >= 15 is 0 Å². The van der Waals surface area contributed by atoms with Gasteiger partial charge in [0, 0.05) is 25.0 Å². The number of nitrogens with two attached hydrogens (primary N) is 1. The average molecular weight is 571 g/mol. The molecule has 0 saturated carbocycles. The van der Waals surface area contributed by atoms with E-state index in [1.54, 1.807) is 6.08 Å². The van der Waals surface area contributed by atoms with Gasteiger partial charge in [-0.05, 0) is 76.1 Å². The zero-order valence-corrected chi connectivity index (χ0v) is 27.5. The topological polar surface area (TPSA) is 44.9 Å². The number of rotatable bonds is 7. The maximum absolute atomic E-state index is 6.67. The third kappa shape index (κ3) is 12.9. The first-order valence-corrected chi connectivity index (χ1v) is 14.6. The van der Waals surface area contributed by atoms with Crippen LogP contribution >= 0.6 is 0 Å². The van der Waals surface area contributed by atoms with Gasteiger partial charge in [-0.2, -0.15) is 0 Å². The van der Waals surface area contributed by atoms with Crippen LogP contribution in [0.3, 0.4) is 0 Å². The Bertz CT molecular complexity index is 1240. The summed E-state index contributed by atoms with van der Waals surface area (Å²) in [4.78, 5) is 9.05. The molecule has 230 valence electrons. The maximum Gasteiger partial charge on any atom is 0.0909 e. The lowest BCUT2D eigenvalue weighted by Crippen LogP contribution is -2.25. The Morgan fingerprint density at radius 1 is 0.976 bits per heavy atom. The summed E-state index contributed by atoms with van der Waals surface area (Å²) < 4.78 is 0. The number of likely N-dealkylation sites (N-methyl/N-ethyl adjacent to an activating group) is 1. The molecule has 0 amide bonds. The SMILES string of the molecule is C.C=C/C=C(N=C(C)C)/C(=C(/N)c1ccc(C)cc1)N1C=CC(CN(C)C)=CC1.CC.Cc1ccc(C(C)(C)C)cc1. The Balaban J connectivity index is 0.00000101. The van der Waals surface area contributed by atoms with Gasteiger partial charge in [-0.3, -0.25) is 4.99 Å². The standard InChI is InChI=1S/C24H32N4.C11H16.C2H6.CH4/c1-7-8-22(26-18(2)3)24(23(25)21-11-9-19(4)10-12-21)28-15-13-20(14-16-28)17-27(5)6;1-9-5-7-10(8-6-9)11(2,3)4;1-2;/h7-15H,1,16-17,25H2,2-6H3;5-8H,1-4H3;1-2H3;1H4/b22-8-,24-23-;;;. The number of aliphatic imine (C=N–C) groups is 1. The second-order valence-electron chi connectivity index (χ2n) is 11.6. The van der Waals surface area contributed by atoms with Crippen molar-refractivity contribution in [2.45, 2.75) is 75.2 Å². The molecule has 0 aliphatic carbocycles. The summed E-state index contributed by atoms with van der Waals surface area (Å²) in [5.74, 6) is 0. The maximum atomic E-state index is 6.67. The lowest BCUT2D eigenvalue weighted by Gasteiger charge is -2.28. The predicted octanol–water partition coefficient (Wildman–Crippen LogP) is 9.45. The van der Waals surface area contributed by atoms with Gasteiger partial charge in [0.2, 0.25) is 0 Å². The van der Waals surface area contributed by atoms with Crippen LogP contribution in [0.25, 0.3) is 5.70 Å². The van der Waals surface area contributed by atoms with E-state index in [1.165, 1.54) is 22.3 Å². The van der Waals surface area contributed by atoms with Crippen LogP contribution in [0.1, 0.15) is 78.1 Å². The van der Waals surface area contributed by atoms with Gasteiger partial charge in [-0.1, -0.05) is 120 Å². The van der Waals surface area contributed by atoms with Crippen LogP contribution in [-0.4, -0.2) is 42.7 Å². The van der Waals surface area contributed by atoms with Gasteiger partial charge in [0.15, 0.2) is 0 Å². The van der Waals surface area contributed by atoms with Crippen LogP contribution in [0.5, 0.6) is 0 Å². The lowest BCUT2D eigenvalue weighted by molar-refractivity contribution is 0.441. The summed E-state index contributed by atoms with van der Waals surface area (Å²) in [6, 6.07) is 17.0. The quantitative estimate of drug-likeness (QED) is 0.266. The molecule has 0 unspecified atom stereocenters. The Labute approximate surface area is 258 Å². The molecule has 1 heterocycles. The van der Waals surface area contributed by atoms with Crippen LogP contribution in [0.4, 0.5) is 0 Å². The third-order valence-electron chi connectivity index (χ3n) is 6.20. The molecule has 0 saturated heterocycles. The van der Waals surface area contributed by atoms with Crippen LogP contribution in [-0.2, 0) is 5.41 Å². The van der Waals surface area contributed by atoms with Gasteiger partial charge in [-0.15, -0.1) is 0 Å². The highest BCUT2D eigenvalue weighted by Gasteiger charge is 2.19. The van der Waals surface area contributed by atoms with Crippen LogP contribution in [0.15, 0.2) is 108 Å². The van der Waals surface area contributed by atoms with Crippen molar-refractivity contribution in [2.24, 2.45) is 10.7 Å². The minimum atomic E-state index is 0. The normalized spacial score (nSPS) is 13.4. The van der Waals surface area contributed by atoms with Crippen molar-refractivity contribution in [1.29, 1.82) is 0 Å². The van der Waals surface area contributed by atoms with Gasteiger partial charge in [-0.25, -0.2) is 0 Å². The molecule has 0 radical (unpaired) electrons. The number of hydrogen-bond acceptors (Lipinski definition) is 4. The van der Waals surface area contributed by atoms with Crippen molar-refractivity contribution in [3.8, 4) is 0 Å². The summed E-state index contributed by atoms with van der Waals surface area (Å²) in [5, 5.41) is 0.